The monoisotopic (exact) mass is 368 g/mol. The molecule has 0 aliphatic rings. The molecule has 0 saturated carbocycles. The summed E-state index contributed by atoms with van der Waals surface area (Å²) >= 11 is 15.1. The van der Waals surface area contributed by atoms with Crippen LogP contribution in [0.1, 0.15) is 13.3 Å². The van der Waals surface area contributed by atoms with Gasteiger partial charge in [0.1, 0.15) is 6.04 Å². The first-order chi connectivity index (χ1) is 8.85. The quantitative estimate of drug-likeness (QED) is 0.756. The lowest BCUT2D eigenvalue weighted by Crippen LogP contribution is -2.42. The third kappa shape index (κ3) is 4.56. The molecule has 0 aliphatic heterocycles. The Morgan fingerprint density at radius 1 is 1.37 bits per heavy atom. The number of halogens is 3. The molecule has 3 N–H and O–H groups in total. The largest absolute Gasteiger partial charge is 0.480 e. The lowest BCUT2D eigenvalue weighted by Gasteiger charge is -2.14. The first-order valence-corrected chi connectivity index (χ1v) is 6.85. The predicted molar refractivity (Wildman–Crippen MR) is 78.0 cm³/mol. The van der Waals surface area contributed by atoms with E-state index in [1.165, 1.54) is 0 Å². The smallest absolute Gasteiger partial charge is 0.326 e. The zero-order chi connectivity index (χ0) is 14.6. The average molecular weight is 370 g/mol. The van der Waals surface area contributed by atoms with Crippen LogP contribution in [-0.2, 0) is 4.79 Å². The number of carbonyl (C=O) groups excluding carboxylic acids is 1. The Kier molecular flexibility index (Phi) is 5.90. The maximum absolute atomic E-state index is 11.7. The standard InChI is InChI=1S/C11H11BrCl2N2O3/c1-2-8(10(17)18)15-11(19)16-9-6(13)3-5(12)4-7(9)14/h3-4,8H,2H2,1H3,(H,17,18)(H2,15,16,19). The zero-order valence-electron chi connectivity index (χ0n) is 9.84. The molecule has 19 heavy (non-hydrogen) atoms. The van der Waals surface area contributed by atoms with E-state index in [4.69, 9.17) is 28.3 Å². The molecule has 1 aromatic rings. The van der Waals surface area contributed by atoms with Crippen LogP contribution in [-0.4, -0.2) is 23.1 Å². The molecule has 0 spiro atoms. The molecule has 1 atom stereocenters. The van der Waals surface area contributed by atoms with E-state index in [1.807, 2.05) is 0 Å². The lowest BCUT2D eigenvalue weighted by atomic mass is 10.2. The molecule has 8 heteroatoms. The van der Waals surface area contributed by atoms with E-state index >= 15 is 0 Å². The van der Waals surface area contributed by atoms with Crippen LogP contribution in [0.4, 0.5) is 10.5 Å². The van der Waals surface area contributed by atoms with Crippen LogP contribution in [0.15, 0.2) is 16.6 Å². The van der Waals surface area contributed by atoms with E-state index in [9.17, 15) is 9.59 Å². The fourth-order valence-electron chi connectivity index (χ4n) is 1.31. The van der Waals surface area contributed by atoms with Crippen LogP contribution in [0.2, 0.25) is 10.0 Å². The number of benzene rings is 1. The van der Waals surface area contributed by atoms with Gasteiger partial charge in [0, 0.05) is 4.47 Å². The molecule has 104 valence electrons. The molecule has 1 unspecified atom stereocenters. The maximum atomic E-state index is 11.7. The summed E-state index contributed by atoms with van der Waals surface area (Å²) in [6.07, 6.45) is 0.268. The molecule has 0 aromatic heterocycles. The Hall–Kier alpha value is -0.980. The highest BCUT2D eigenvalue weighted by Crippen LogP contribution is 2.33. The summed E-state index contributed by atoms with van der Waals surface area (Å²) in [5.74, 6) is -1.11. The molecular weight excluding hydrogens is 359 g/mol. The van der Waals surface area contributed by atoms with Crippen LogP contribution in [0.5, 0.6) is 0 Å². The predicted octanol–water partition coefficient (Wildman–Crippen LogP) is 3.74. The summed E-state index contributed by atoms with van der Waals surface area (Å²) in [6, 6.07) is 1.49. The van der Waals surface area contributed by atoms with Gasteiger partial charge in [0.15, 0.2) is 0 Å². The van der Waals surface area contributed by atoms with Crippen molar-refractivity contribution in [3.63, 3.8) is 0 Å². The summed E-state index contributed by atoms with van der Waals surface area (Å²) in [4.78, 5) is 22.5. The van der Waals surface area contributed by atoms with Crippen molar-refractivity contribution < 1.29 is 14.7 Å². The van der Waals surface area contributed by atoms with Gasteiger partial charge < -0.3 is 15.7 Å². The van der Waals surface area contributed by atoms with Crippen LogP contribution in [0.3, 0.4) is 0 Å². The molecule has 0 saturated heterocycles. The van der Waals surface area contributed by atoms with Crippen molar-refractivity contribution >= 4 is 56.8 Å². The van der Waals surface area contributed by atoms with Gasteiger partial charge in [-0.05, 0) is 18.6 Å². The Balaban J connectivity index is 2.80. The number of rotatable bonds is 4. The molecule has 0 radical (unpaired) electrons. The van der Waals surface area contributed by atoms with Gasteiger partial charge in [-0.1, -0.05) is 46.1 Å². The first kappa shape index (κ1) is 16.1. The van der Waals surface area contributed by atoms with Gasteiger partial charge in [0.05, 0.1) is 15.7 Å². The van der Waals surface area contributed by atoms with Crippen molar-refractivity contribution in [2.45, 2.75) is 19.4 Å². The number of hydrogen-bond acceptors (Lipinski definition) is 2. The summed E-state index contributed by atoms with van der Waals surface area (Å²) < 4.78 is 0.672. The number of amides is 2. The van der Waals surface area contributed by atoms with Crippen molar-refractivity contribution in [3.05, 3.63) is 26.7 Å². The molecular formula is C11H11BrCl2N2O3. The Bertz CT molecular complexity index is 488. The van der Waals surface area contributed by atoms with Crippen LogP contribution in [0, 0.1) is 0 Å². The number of hydrogen-bond donors (Lipinski definition) is 3. The lowest BCUT2D eigenvalue weighted by molar-refractivity contribution is -0.139. The highest BCUT2D eigenvalue weighted by molar-refractivity contribution is 9.10. The van der Waals surface area contributed by atoms with Crippen LogP contribution >= 0.6 is 39.1 Å². The molecule has 2 amide bonds. The second-order valence-electron chi connectivity index (χ2n) is 3.64. The van der Waals surface area contributed by atoms with Gasteiger partial charge in [-0.15, -0.1) is 0 Å². The molecule has 0 fully saturated rings. The summed E-state index contributed by atoms with van der Waals surface area (Å²) in [6.45, 7) is 1.65. The Labute approximate surface area is 128 Å². The third-order valence-electron chi connectivity index (χ3n) is 2.26. The average Bonchev–Trinajstić information content (AvgIpc) is 2.30. The van der Waals surface area contributed by atoms with Crippen molar-refractivity contribution in [2.75, 3.05) is 5.32 Å². The van der Waals surface area contributed by atoms with E-state index in [0.717, 1.165) is 0 Å². The van der Waals surface area contributed by atoms with E-state index in [2.05, 4.69) is 26.6 Å². The molecule has 0 bridgehead atoms. The fourth-order valence-corrected chi connectivity index (χ4v) is 2.61. The Morgan fingerprint density at radius 3 is 2.32 bits per heavy atom. The Morgan fingerprint density at radius 2 is 1.89 bits per heavy atom. The van der Waals surface area contributed by atoms with E-state index in [1.54, 1.807) is 19.1 Å². The zero-order valence-corrected chi connectivity index (χ0v) is 12.9. The topological polar surface area (TPSA) is 78.4 Å². The molecule has 0 aliphatic carbocycles. The second-order valence-corrected chi connectivity index (χ2v) is 5.37. The van der Waals surface area contributed by atoms with Gasteiger partial charge in [-0.25, -0.2) is 9.59 Å². The van der Waals surface area contributed by atoms with E-state index in [-0.39, 0.29) is 22.2 Å². The number of urea groups is 1. The van der Waals surface area contributed by atoms with Crippen LogP contribution in [0.25, 0.3) is 0 Å². The summed E-state index contributed by atoms with van der Waals surface area (Å²) in [7, 11) is 0. The van der Waals surface area contributed by atoms with Crippen molar-refractivity contribution in [1.82, 2.24) is 5.32 Å². The maximum Gasteiger partial charge on any atom is 0.326 e. The van der Waals surface area contributed by atoms with Crippen LogP contribution < -0.4 is 10.6 Å². The number of anilines is 1. The van der Waals surface area contributed by atoms with Gasteiger partial charge >= 0.3 is 12.0 Å². The summed E-state index contributed by atoms with van der Waals surface area (Å²) in [5, 5.41) is 14.1. The highest BCUT2D eigenvalue weighted by Gasteiger charge is 2.18. The molecule has 5 nitrogen and oxygen atoms in total. The van der Waals surface area contributed by atoms with Gasteiger partial charge in [-0.3, -0.25) is 0 Å². The number of nitrogens with one attached hydrogen (secondary N) is 2. The third-order valence-corrected chi connectivity index (χ3v) is 3.31. The number of carbonyl (C=O) groups is 2. The SMILES string of the molecule is CCC(NC(=O)Nc1c(Cl)cc(Br)cc1Cl)C(=O)O. The summed E-state index contributed by atoms with van der Waals surface area (Å²) in [5.41, 5.74) is 0.226. The van der Waals surface area contributed by atoms with Crippen molar-refractivity contribution in [3.8, 4) is 0 Å². The minimum Gasteiger partial charge on any atom is -0.480 e. The minimum atomic E-state index is -1.11. The van der Waals surface area contributed by atoms with E-state index in [0.29, 0.717) is 4.47 Å². The van der Waals surface area contributed by atoms with Crippen molar-refractivity contribution in [1.29, 1.82) is 0 Å². The molecule has 0 heterocycles. The van der Waals surface area contributed by atoms with Crippen molar-refractivity contribution in [2.24, 2.45) is 0 Å². The highest BCUT2D eigenvalue weighted by atomic mass is 79.9. The minimum absolute atomic E-state index is 0.226. The first-order valence-electron chi connectivity index (χ1n) is 5.30. The fraction of sp³-hybridized carbons (Fsp3) is 0.273. The molecule has 1 aromatic carbocycles. The van der Waals surface area contributed by atoms with E-state index < -0.39 is 18.0 Å². The normalized spacial score (nSPS) is 11.8. The van der Waals surface area contributed by atoms with Gasteiger partial charge in [-0.2, -0.15) is 0 Å². The molecule has 1 rings (SSSR count). The second kappa shape index (κ2) is 6.98. The number of carboxylic acid groups (broad SMARTS) is 1. The van der Waals surface area contributed by atoms with Gasteiger partial charge in [0.2, 0.25) is 0 Å². The number of carboxylic acids is 1. The number of aliphatic carboxylic acids is 1. The van der Waals surface area contributed by atoms with Gasteiger partial charge in [0.25, 0.3) is 0 Å².